The van der Waals surface area contributed by atoms with E-state index in [-0.39, 0.29) is 18.0 Å². The van der Waals surface area contributed by atoms with Crippen molar-refractivity contribution >= 4 is 33.8 Å². The number of fused-ring (bicyclic) bond motifs is 3. The molecule has 2 fully saturated rings. The molecule has 2 atom stereocenters. The lowest BCUT2D eigenvalue weighted by Crippen LogP contribution is -2.55. The molecule has 2 aliphatic rings. The summed E-state index contributed by atoms with van der Waals surface area (Å²) in [6, 6.07) is 16.5. The molecule has 196 valence electrons. The van der Waals surface area contributed by atoms with Crippen LogP contribution in [-0.4, -0.2) is 56.3 Å². The van der Waals surface area contributed by atoms with Crippen LogP contribution in [0.25, 0.3) is 16.4 Å². The largest absolute Gasteiger partial charge is 0.365 e. The third-order valence-corrected chi connectivity index (χ3v) is 8.16. The predicted molar refractivity (Wildman–Crippen MR) is 147 cm³/mol. The molecule has 3 heterocycles. The number of hydrogen-bond acceptors (Lipinski definition) is 8. The van der Waals surface area contributed by atoms with E-state index in [1.807, 2.05) is 36.1 Å². The van der Waals surface area contributed by atoms with E-state index in [0.29, 0.717) is 49.5 Å². The van der Waals surface area contributed by atoms with E-state index < -0.39 is 5.41 Å². The molecular weight excluding hydrogens is 490 g/mol. The lowest BCUT2D eigenvalue weighted by Gasteiger charge is -2.42. The zero-order chi connectivity index (χ0) is 27.3. The van der Waals surface area contributed by atoms with Crippen molar-refractivity contribution in [3.05, 3.63) is 59.4 Å². The van der Waals surface area contributed by atoms with Gasteiger partial charge in [0.1, 0.15) is 11.7 Å². The minimum Gasteiger partial charge on any atom is -0.365 e. The van der Waals surface area contributed by atoms with Gasteiger partial charge in [0.05, 0.1) is 23.7 Å². The summed E-state index contributed by atoms with van der Waals surface area (Å²) in [4.78, 5) is 21.5. The number of piperazine rings is 1. The normalized spacial score (nSPS) is 18.9. The Balaban J connectivity index is 1.33. The third kappa shape index (κ3) is 4.09. The van der Waals surface area contributed by atoms with Crippen LogP contribution in [-0.2, 0) is 4.79 Å². The maximum Gasteiger partial charge on any atom is 0.243 e. The summed E-state index contributed by atoms with van der Waals surface area (Å²) in [6.07, 6.45) is 2.83. The predicted octanol–water partition coefficient (Wildman–Crippen LogP) is 3.97. The first-order chi connectivity index (χ1) is 18.8. The number of anilines is 2. The molecule has 2 aromatic carbocycles. The zero-order valence-corrected chi connectivity index (χ0v) is 22.2. The van der Waals surface area contributed by atoms with Gasteiger partial charge in [-0.05, 0) is 69.0 Å². The number of amides is 1. The van der Waals surface area contributed by atoms with Gasteiger partial charge in [-0.2, -0.15) is 10.5 Å². The maximum atomic E-state index is 12.9. The fourth-order valence-corrected chi connectivity index (χ4v) is 5.70. The number of carbonyl (C=O) groups excluding carboxylic acids is 1. The van der Waals surface area contributed by atoms with Crippen LogP contribution in [0, 0.1) is 35.0 Å². The van der Waals surface area contributed by atoms with Crippen LogP contribution in [0.3, 0.4) is 0 Å². The van der Waals surface area contributed by atoms with Gasteiger partial charge in [0.2, 0.25) is 5.91 Å². The van der Waals surface area contributed by atoms with Crippen LogP contribution in [0.4, 0.5) is 11.5 Å². The number of nitrogens with one attached hydrogen (secondary N) is 1. The molecule has 0 radical (unpaired) electrons. The summed E-state index contributed by atoms with van der Waals surface area (Å²) in [7, 11) is 0. The van der Waals surface area contributed by atoms with Gasteiger partial charge in [-0.3, -0.25) is 4.79 Å². The molecule has 0 spiro atoms. The Hall–Kier alpha value is -4.70. The molecule has 2 aromatic heterocycles. The Morgan fingerprint density at radius 2 is 2.00 bits per heavy atom. The maximum absolute atomic E-state index is 12.9. The van der Waals surface area contributed by atoms with Crippen LogP contribution >= 0.6 is 0 Å². The molecule has 1 N–H and O–H groups in total. The van der Waals surface area contributed by atoms with Crippen LogP contribution in [0.2, 0.25) is 0 Å². The van der Waals surface area contributed by atoms with E-state index in [1.165, 1.54) is 11.0 Å². The fraction of sp³-hybridized carbons (Fsp3) is 0.379. The Kier molecular flexibility index (Phi) is 5.84. The Morgan fingerprint density at radius 1 is 1.18 bits per heavy atom. The van der Waals surface area contributed by atoms with Gasteiger partial charge in [0.25, 0.3) is 0 Å². The van der Waals surface area contributed by atoms with Crippen LogP contribution in [0.5, 0.6) is 0 Å². The second kappa shape index (κ2) is 9.25. The summed E-state index contributed by atoms with van der Waals surface area (Å²) in [5.74, 6) is 0.648. The summed E-state index contributed by atoms with van der Waals surface area (Å²) in [5.41, 5.74) is 3.54. The topological polar surface area (TPSA) is 126 Å². The molecule has 0 bridgehead atoms. The first kappa shape index (κ1) is 24.6. The van der Waals surface area contributed by atoms with E-state index in [4.69, 9.17) is 5.10 Å². The van der Waals surface area contributed by atoms with Gasteiger partial charge < -0.3 is 15.1 Å². The van der Waals surface area contributed by atoms with Gasteiger partial charge >= 0.3 is 0 Å². The molecule has 10 heteroatoms. The molecule has 1 amide bonds. The van der Waals surface area contributed by atoms with Crippen molar-refractivity contribution in [3.8, 4) is 12.1 Å². The van der Waals surface area contributed by atoms with Crippen molar-refractivity contribution in [1.29, 1.82) is 10.5 Å². The number of nitriles is 2. The van der Waals surface area contributed by atoms with Crippen molar-refractivity contribution in [2.24, 2.45) is 5.41 Å². The van der Waals surface area contributed by atoms with Gasteiger partial charge in [-0.15, -0.1) is 14.8 Å². The lowest BCUT2D eigenvalue weighted by atomic mass is 9.98. The molecule has 1 saturated heterocycles. The number of rotatable bonds is 5. The summed E-state index contributed by atoms with van der Waals surface area (Å²) in [6.45, 7) is 7.98. The SMILES string of the molecule is Cc1c(C#N)cccc1C(C)Nc1nn2ncnc2c2ccc(N3CCN(C(=O)C4(C#N)CC4)CC3C)cc12. The first-order valence-electron chi connectivity index (χ1n) is 13.2. The van der Waals surface area contributed by atoms with E-state index in [9.17, 15) is 15.3 Å². The van der Waals surface area contributed by atoms with Crippen LogP contribution in [0.1, 0.15) is 49.4 Å². The van der Waals surface area contributed by atoms with E-state index in [1.54, 1.807) is 0 Å². The molecule has 1 aliphatic heterocycles. The first-order valence-corrected chi connectivity index (χ1v) is 13.2. The lowest BCUT2D eigenvalue weighted by molar-refractivity contribution is -0.135. The summed E-state index contributed by atoms with van der Waals surface area (Å²) in [5, 5.41) is 33.4. The summed E-state index contributed by atoms with van der Waals surface area (Å²) >= 11 is 0. The molecule has 10 nitrogen and oxygen atoms in total. The second-order valence-corrected chi connectivity index (χ2v) is 10.6. The standard InChI is InChI=1S/C29H29N9O/c1-18-15-36(28(39)29(16-31)9-10-29)11-12-37(18)22-7-8-24-25(13-22)26(35-38-27(24)32-17-33-38)34-20(3)23-6-4-5-21(14-30)19(23)2/h4-8,13,17-18,20H,9-12,15H2,1-3H3,(H,34,35). The molecule has 39 heavy (non-hydrogen) atoms. The molecule has 1 aliphatic carbocycles. The second-order valence-electron chi connectivity index (χ2n) is 10.6. The fourth-order valence-electron chi connectivity index (χ4n) is 5.70. The van der Waals surface area contributed by atoms with Crippen molar-refractivity contribution in [3.63, 3.8) is 0 Å². The Bertz CT molecular complexity index is 1690. The van der Waals surface area contributed by atoms with Gasteiger partial charge in [-0.1, -0.05) is 12.1 Å². The number of carbonyl (C=O) groups is 1. The molecule has 6 rings (SSSR count). The smallest absolute Gasteiger partial charge is 0.243 e. The van der Waals surface area contributed by atoms with E-state index in [0.717, 1.165) is 27.6 Å². The van der Waals surface area contributed by atoms with Crippen LogP contribution < -0.4 is 10.2 Å². The minimum absolute atomic E-state index is 0.0235. The summed E-state index contributed by atoms with van der Waals surface area (Å²) < 4.78 is 1.53. The molecule has 1 saturated carbocycles. The minimum atomic E-state index is -0.789. The highest BCUT2D eigenvalue weighted by molar-refractivity contribution is 6.01. The van der Waals surface area contributed by atoms with Crippen LogP contribution in [0.15, 0.2) is 42.7 Å². The number of nitrogens with zero attached hydrogens (tertiary/aromatic N) is 8. The zero-order valence-electron chi connectivity index (χ0n) is 22.2. The van der Waals surface area contributed by atoms with Gasteiger partial charge in [-0.25, -0.2) is 4.98 Å². The molecule has 2 unspecified atom stereocenters. The van der Waals surface area contributed by atoms with Gasteiger partial charge in [0, 0.05) is 42.1 Å². The highest BCUT2D eigenvalue weighted by Gasteiger charge is 2.53. The van der Waals surface area contributed by atoms with E-state index in [2.05, 4.69) is 58.4 Å². The average molecular weight is 520 g/mol. The highest BCUT2D eigenvalue weighted by Crippen LogP contribution is 2.46. The van der Waals surface area contributed by atoms with Gasteiger partial charge in [0.15, 0.2) is 11.5 Å². The average Bonchev–Trinajstić information content (AvgIpc) is 3.61. The molecule has 4 aromatic rings. The Labute approximate surface area is 226 Å². The number of benzene rings is 2. The third-order valence-electron chi connectivity index (χ3n) is 8.16. The Morgan fingerprint density at radius 3 is 2.72 bits per heavy atom. The van der Waals surface area contributed by atoms with Crippen molar-refractivity contribution < 1.29 is 4.79 Å². The molecular formula is C29H29N9O. The quantitative estimate of drug-likeness (QED) is 0.420. The monoisotopic (exact) mass is 519 g/mol. The van der Waals surface area contributed by atoms with Crippen molar-refractivity contribution in [2.75, 3.05) is 29.9 Å². The van der Waals surface area contributed by atoms with E-state index >= 15 is 0 Å². The highest BCUT2D eigenvalue weighted by atomic mass is 16.2. The number of hydrogen-bond donors (Lipinski definition) is 1. The van der Waals surface area contributed by atoms with Crippen molar-refractivity contribution in [2.45, 2.75) is 45.7 Å². The number of aromatic nitrogens is 4. The van der Waals surface area contributed by atoms with Crippen molar-refractivity contribution in [1.82, 2.24) is 24.7 Å².